The van der Waals surface area contributed by atoms with Crippen LogP contribution >= 0.6 is 11.8 Å². The van der Waals surface area contributed by atoms with Gasteiger partial charge < -0.3 is 5.32 Å². The number of anilines is 1. The average Bonchev–Trinajstić information content (AvgIpc) is 2.45. The van der Waals surface area contributed by atoms with Gasteiger partial charge in [0.25, 0.3) is 0 Å². The Labute approximate surface area is 117 Å². The Bertz CT molecular complexity index is 617. The maximum Gasteiger partial charge on any atom is 0.102 e. The van der Waals surface area contributed by atoms with E-state index in [-0.39, 0.29) is 0 Å². The molecule has 1 heterocycles. The smallest absolute Gasteiger partial charge is 0.102 e. The molecule has 0 unspecified atom stereocenters. The minimum absolute atomic E-state index is 0.695. The van der Waals surface area contributed by atoms with Crippen molar-refractivity contribution < 1.29 is 0 Å². The summed E-state index contributed by atoms with van der Waals surface area (Å²) in [5, 5.41) is 12.6. The Morgan fingerprint density at radius 2 is 2.21 bits per heavy atom. The highest BCUT2D eigenvalue weighted by Gasteiger charge is 2.07. The maximum atomic E-state index is 9.27. The number of nitrogens with zero attached hydrogens (tertiary/aromatic N) is 2. The second kappa shape index (κ2) is 6.26. The van der Waals surface area contributed by atoms with Crippen LogP contribution < -0.4 is 5.32 Å². The van der Waals surface area contributed by atoms with Crippen molar-refractivity contribution in [1.29, 1.82) is 5.26 Å². The van der Waals surface area contributed by atoms with Crippen LogP contribution in [0.4, 0.5) is 5.69 Å². The molecule has 2 rings (SSSR count). The number of nitrogens with one attached hydrogen (secondary N) is 1. The summed E-state index contributed by atoms with van der Waals surface area (Å²) in [7, 11) is 0. The fraction of sp³-hybridized carbons (Fsp3) is 0.200. The SMILES string of the molecule is CSc1cccc(NCc2ccncc2C)c1C#N. The van der Waals surface area contributed by atoms with Gasteiger partial charge in [-0.1, -0.05) is 6.07 Å². The zero-order valence-corrected chi connectivity index (χ0v) is 11.8. The van der Waals surface area contributed by atoms with E-state index in [1.807, 2.05) is 43.6 Å². The molecule has 0 aliphatic carbocycles. The zero-order valence-electron chi connectivity index (χ0n) is 11.0. The first kappa shape index (κ1) is 13.4. The first-order valence-electron chi connectivity index (χ1n) is 5.96. The van der Waals surface area contributed by atoms with Gasteiger partial charge in [-0.05, 0) is 42.5 Å². The molecule has 1 aromatic carbocycles. The van der Waals surface area contributed by atoms with Crippen molar-refractivity contribution in [3.05, 3.63) is 53.3 Å². The van der Waals surface area contributed by atoms with Crippen molar-refractivity contribution in [2.24, 2.45) is 0 Å². The molecule has 3 nitrogen and oxygen atoms in total. The average molecular weight is 269 g/mol. The highest BCUT2D eigenvalue weighted by molar-refractivity contribution is 7.98. The minimum Gasteiger partial charge on any atom is -0.380 e. The van der Waals surface area contributed by atoms with Gasteiger partial charge in [0.15, 0.2) is 0 Å². The molecule has 0 saturated heterocycles. The van der Waals surface area contributed by atoms with E-state index >= 15 is 0 Å². The number of nitriles is 1. The zero-order chi connectivity index (χ0) is 13.7. The van der Waals surface area contributed by atoms with E-state index in [1.54, 1.807) is 18.0 Å². The first-order valence-corrected chi connectivity index (χ1v) is 7.19. The molecule has 19 heavy (non-hydrogen) atoms. The molecule has 0 spiro atoms. The van der Waals surface area contributed by atoms with Crippen molar-refractivity contribution in [3.63, 3.8) is 0 Å². The second-order valence-corrected chi connectivity index (χ2v) is 5.00. The number of benzene rings is 1. The van der Waals surface area contributed by atoms with Gasteiger partial charge in [-0.15, -0.1) is 11.8 Å². The molecule has 0 amide bonds. The van der Waals surface area contributed by atoms with Crippen molar-refractivity contribution in [3.8, 4) is 6.07 Å². The molecule has 4 heteroatoms. The molecule has 96 valence electrons. The van der Waals surface area contributed by atoms with Crippen LogP contribution in [0.5, 0.6) is 0 Å². The summed E-state index contributed by atoms with van der Waals surface area (Å²) in [6.45, 7) is 2.73. The van der Waals surface area contributed by atoms with Crippen LogP contribution in [0.3, 0.4) is 0 Å². The number of pyridine rings is 1. The van der Waals surface area contributed by atoms with E-state index < -0.39 is 0 Å². The summed E-state index contributed by atoms with van der Waals surface area (Å²) in [5.41, 5.74) is 3.93. The first-order chi connectivity index (χ1) is 9.26. The molecular formula is C15H15N3S. The summed E-state index contributed by atoms with van der Waals surface area (Å²) in [5.74, 6) is 0. The van der Waals surface area contributed by atoms with Crippen LogP contribution in [0.1, 0.15) is 16.7 Å². The fourth-order valence-corrected chi connectivity index (χ4v) is 2.43. The Morgan fingerprint density at radius 1 is 1.37 bits per heavy atom. The molecule has 0 atom stereocenters. The van der Waals surface area contributed by atoms with Crippen molar-refractivity contribution in [2.75, 3.05) is 11.6 Å². The molecule has 0 fully saturated rings. The lowest BCUT2D eigenvalue weighted by molar-refractivity contribution is 1.09. The Morgan fingerprint density at radius 3 is 2.89 bits per heavy atom. The van der Waals surface area contributed by atoms with Crippen molar-refractivity contribution >= 4 is 17.4 Å². The predicted octanol–water partition coefficient (Wildman–Crippen LogP) is 3.60. The van der Waals surface area contributed by atoms with Crippen molar-refractivity contribution in [1.82, 2.24) is 4.98 Å². The van der Waals surface area contributed by atoms with Gasteiger partial charge in [-0.25, -0.2) is 0 Å². The van der Waals surface area contributed by atoms with E-state index in [1.165, 1.54) is 5.56 Å². The lowest BCUT2D eigenvalue weighted by Crippen LogP contribution is -2.03. The van der Waals surface area contributed by atoms with Gasteiger partial charge in [-0.2, -0.15) is 5.26 Å². The van der Waals surface area contributed by atoms with Crippen LogP contribution in [0.25, 0.3) is 0 Å². The quantitative estimate of drug-likeness (QED) is 0.862. The monoisotopic (exact) mass is 269 g/mol. The van der Waals surface area contributed by atoms with Crippen LogP contribution in [-0.2, 0) is 6.54 Å². The number of hydrogen-bond donors (Lipinski definition) is 1. The van der Waals surface area contributed by atoms with Gasteiger partial charge in [0.05, 0.1) is 11.3 Å². The Balaban J connectivity index is 2.21. The molecule has 0 saturated carbocycles. The summed E-state index contributed by atoms with van der Waals surface area (Å²) >= 11 is 1.59. The lowest BCUT2D eigenvalue weighted by Gasteiger charge is -2.11. The highest BCUT2D eigenvalue weighted by Crippen LogP contribution is 2.26. The van der Waals surface area contributed by atoms with Crippen LogP contribution in [-0.4, -0.2) is 11.2 Å². The minimum atomic E-state index is 0.695. The van der Waals surface area contributed by atoms with Gasteiger partial charge in [-0.3, -0.25) is 4.98 Å². The second-order valence-electron chi connectivity index (χ2n) is 4.15. The molecule has 0 aliphatic heterocycles. The molecule has 0 radical (unpaired) electrons. The highest BCUT2D eigenvalue weighted by atomic mass is 32.2. The number of aryl methyl sites for hydroxylation is 1. The molecule has 1 aromatic heterocycles. The third-order valence-corrected chi connectivity index (χ3v) is 3.74. The number of aromatic nitrogens is 1. The Kier molecular flexibility index (Phi) is 4.43. The number of thioether (sulfide) groups is 1. The van der Waals surface area contributed by atoms with E-state index in [0.29, 0.717) is 12.1 Å². The normalized spacial score (nSPS) is 9.95. The third kappa shape index (κ3) is 3.07. The van der Waals surface area contributed by atoms with Crippen LogP contribution in [0.2, 0.25) is 0 Å². The summed E-state index contributed by atoms with van der Waals surface area (Å²) < 4.78 is 0. The van der Waals surface area contributed by atoms with Gasteiger partial charge in [0.2, 0.25) is 0 Å². The molecule has 2 aromatic rings. The predicted molar refractivity (Wildman–Crippen MR) is 79.2 cm³/mol. The summed E-state index contributed by atoms with van der Waals surface area (Å²) in [4.78, 5) is 5.08. The van der Waals surface area contributed by atoms with E-state index in [4.69, 9.17) is 0 Å². The third-order valence-electron chi connectivity index (χ3n) is 2.96. The topological polar surface area (TPSA) is 48.7 Å². The molecule has 0 bridgehead atoms. The lowest BCUT2D eigenvalue weighted by atomic mass is 10.1. The Hall–Kier alpha value is -1.99. The molecule has 0 aliphatic rings. The number of hydrogen-bond acceptors (Lipinski definition) is 4. The van der Waals surface area contributed by atoms with E-state index in [2.05, 4.69) is 16.4 Å². The maximum absolute atomic E-state index is 9.27. The largest absolute Gasteiger partial charge is 0.380 e. The van der Waals surface area contributed by atoms with Gasteiger partial charge >= 0.3 is 0 Å². The number of rotatable bonds is 4. The fourth-order valence-electron chi connectivity index (χ4n) is 1.85. The van der Waals surface area contributed by atoms with E-state index in [0.717, 1.165) is 16.1 Å². The van der Waals surface area contributed by atoms with Crippen LogP contribution in [0.15, 0.2) is 41.6 Å². The van der Waals surface area contributed by atoms with Gasteiger partial charge in [0.1, 0.15) is 6.07 Å². The summed E-state index contributed by atoms with van der Waals surface area (Å²) in [6, 6.07) is 10.1. The van der Waals surface area contributed by atoms with E-state index in [9.17, 15) is 5.26 Å². The molecule has 1 N–H and O–H groups in total. The molecular weight excluding hydrogens is 254 g/mol. The summed E-state index contributed by atoms with van der Waals surface area (Å²) in [6.07, 6.45) is 5.61. The van der Waals surface area contributed by atoms with Gasteiger partial charge in [0, 0.05) is 23.8 Å². The van der Waals surface area contributed by atoms with Crippen LogP contribution in [0, 0.1) is 18.3 Å². The standard InChI is InChI=1S/C15H15N3S/c1-11-9-17-7-6-12(11)10-18-14-4-3-5-15(19-2)13(14)8-16/h3-7,9,18H,10H2,1-2H3. The van der Waals surface area contributed by atoms with Crippen molar-refractivity contribution in [2.45, 2.75) is 18.4 Å².